The van der Waals surface area contributed by atoms with Crippen LogP contribution in [0.4, 0.5) is 0 Å². The lowest BCUT2D eigenvalue weighted by Gasteiger charge is -2.13. The van der Waals surface area contributed by atoms with Crippen LogP contribution in [0, 0.1) is 32.1 Å². The molecule has 8 heteroatoms. The van der Waals surface area contributed by atoms with Crippen LogP contribution in [0.2, 0.25) is 0 Å². The Balaban J connectivity index is 2.06. The Kier molecular flexibility index (Phi) is 8.17. The van der Waals surface area contributed by atoms with E-state index < -0.39 is 11.5 Å². The second kappa shape index (κ2) is 11.3. The number of nitrogens with zero attached hydrogens (tertiary/aromatic N) is 3. The van der Waals surface area contributed by atoms with Gasteiger partial charge in [-0.15, -0.1) is 0 Å². The van der Waals surface area contributed by atoms with Gasteiger partial charge in [-0.3, -0.25) is 14.0 Å². The van der Waals surface area contributed by atoms with E-state index in [0.717, 1.165) is 16.7 Å². The quantitative estimate of drug-likeness (QED) is 0.295. The summed E-state index contributed by atoms with van der Waals surface area (Å²) in [6.45, 7) is 9.05. The van der Waals surface area contributed by atoms with Crippen molar-refractivity contribution in [3.05, 3.63) is 74.7 Å². The molecule has 0 aliphatic carbocycles. The van der Waals surface area contributed by atoms with E-state index in [4.69, 9.17) is 9.47 Å². The van der Waals surface area contributed by atoms with Gasteiger partial charge in [0.25, 0.3) is 11.5 Å². The summed E-state index contributed by atoms with van der Waals surface area (Å²) in [6, 6.07) is 11.1. The second-order valence-corrected chi connectivity index (χ2v) is 7.87. The van der Waals surface area contributed by atoms with E-state index in [1.807, 2.05) is 52.0 Å². The Hall–Kier alpha value is -3.96. The highest BCUT2D eigenvalue weighted by molar-refractivity contribution is 6.01. The van der Waals surface area contributed by atoms with Crippen LogP contribution in [-0.4, -0.2) is 35.1 Å². The van der Waals surface area contributed by atoms with Crippen molar-refractivity contribution >= 4 is 17.6 Å². The molecule has 1 N–H and O–H groups in total. The average molecular weight is 461 g/mol. The van der Waals surface area contributed by atoms with Crippen LogP contribution in [-0.2, 0) is 9.53 Å². The van der Waals surface area contributed by atoms with E-state index in [2.05, 4.69) is 10.3 Å². The van der Waals surface area contributed by atoms with Crippen molar-refractivity contribution in [3.8, 4) is 17.7 Å². The van der Waals surface area contributed by atoms with Crippen LogP contribution in [0.5, 0.6) is 11.6 Å². The molecule has 0 radical (unpaired) electrons. The van der Waals surface area contributed by atoms with Gasteiger partial charge < -0.3 is 14.8 Å². The van der Waals surface area contributed by atoms with E-state index in [0.29, 0.717) is 37.6 Å². The van der Waals surface area contributed by atoms with Gasteiger partial charge in [0.15, 0.2) is 0 Å². The van der Waals surface area contributed by atoms with Gasteiger partial charge in [-0.25, -0.2) is 0 Å². The first kappa shape index (κ1) is 24.7. The molecule has 8 nitrogen and oxygen atoms in total. The number of carbonyl (C=O) groups excluding carboxylic acids is 1. The average Bonchev–Trinajstić information content (AvgIpc) is 2.81. The number of pyridine rings is 1. The SMILES string of the molecule is CCOCCCNC(=O)C(C#N)=Cc1c(Oc2ccc(C)cc2C)nc2c(C)cccn2c1=O. The van der Waals surface area contributed by atoms with E-state index in [1.54, 1.807) is 18.3 Å². The lowest BCUT2D eigenvalue weighted by Crippen LogP contribution is -2.27. The molecule has 3 aromatic rings. The summed E-state index contributed by atoms with van der Waals surface area (Å²) in [7, 11) is 0. The lowest BCUT2D eigenvalue weighted by molar-refractivity contribution is -0.117. The fraction of sp³-hybridized carbons (Fsp3) is 0.308. The Labute approximate surface area is 198 Å². The molecular formula is C26H28N4O4. The smallest absolute Gasteiger partial charge is 0.269 e. The van der Waals surface area contributed by atoms with E-state index in [-0.39, 0.29) is 17.0 Å². The highest BCUT2D eigenvalue weighted by Gasteiger charge is 2.18. The van der Waals surface area contributed by atoms with Gasteiger partial charge in [-0.05, 0) is 63.5 Å². The number of hydrogen-bond donors (Lipinski definition) is 1. The van der Waals surface area contributed by atoms with E-state index >= 15 is 0 Å². The van der Waals surface area contributed by atoms with Gasteiger partial charge in [0.05, 0.1) is 0 Å². The number of rotatable bonds is 9. The zero-order chi connectivity index (χ0) is 24.7. The topological polar surface area (TPSA) is 106 Å². The molecule has 0 saturated heterocycles. The van der Waals surface area contributed by atoms with Crippen molar-refractivity contribution in [2.75, 3.05) is 19.8 Å². The number of amides is 1. The molecule has 0 spiro atoms. The van der Waals surface area contributed by atoms with Gasteiger partial charge in [0, 0.05) is 26.0 Å². The Morgan fingerprint density at radius 2 is 2.03 bits per heavy atom. The zero-order valence-corrected chi connectivity index (χ0v) is 19.8. The summed E-state index contributed by atoms with van der Waals surface area (Å²) in [5.41, 5.74) is 2.52. The molecule has 2 aromatic heterocycles. The number of carbonyl (C=O) groups is 1. The maximum atomic E-state index is 13.4. The molecule has 0 aliphatic heterocycles. The van der Waals surface area contributed by atoms with E-state index in [1.165, 1.54) is 10.5 Å². The third-order valence-corrected chi connectivity index (χ3v) is 5.20. The molecule has 0 fully saturated rings. The maximum absolute atomic E-state index is 13.4. The Bertz CT molecular complexity index is 1340. The van der Waals surface area contributed by atoms with Crippen molar-refractivity contribution in [1.29, 1.82) is 5.26 Å². The zero-order valence-electron chi connectivity index (χ0n) is 19.8. The standard InChI is InChI=1S/C26H28N4O4/c1-5-33-13-7-11-28-24(31)20(16-27)15-21-25(34-22-10-9-17(2)14-19(22)4)29-23-18(3)8-6-12-30(23)26(21)32/h6,8-10,12,14-15H,5,7,11,13H2,1-4H3,(H,28,31). The summed E-state index contributed by atoms with van der Waals surface area (Å²) in [6.07, 6.45) is 3.44. The minimum absolute atomic E-state index is 0.0177. The molecule has 0 bridgehead atoms. The summed E-state index contributed by atoms with van der Waals surface area (Å²) in [5.74, 6) is -0.0164. The van der Waals surface area contributed by atoms with Gasteiger partial charge in [-0.2, -0.15) is 10.2 Å². The molecular weight excluding hydrogens is 432 g/mol. The van der Waals surface area contributed by atoms with Gasteiger partial charge in [0.1, 0.15) is 28.6 Å². The predicted octanol–water partition coefficient (Wildman–Crippen LogP) is 3.86. The number of aromatic nitrogens is 2. The normalized spacial score (nSPS) is 11.3. The highest BCUT2D eigenvalue weighted by Crippen LogP contribution is 2.27. The van der Waals surface area contributed by atoms with Gasteiger partial charge in [-0.1, -0.05) is 23.8 Å². The van der Waals surface area contributed by atoms with Crippen molar-refractivity contribution in [2.24, 2.45) is 0 Å². The largest absolute Gasteiger partial charge is 0.438 e. The molecule has 34 heavy (non-hydrogen) atoms. The molecule has 0 atom stereocenters. The fourth-order valence-corrected chi connectivity index (χ4v) is 3.42. The first-order chi connectivity index (χ1) is 16.3. The molecule has 1 amide bonds. The van der Waals surface area contributed by atoms with Crippen molar-refractivity contribution in [3.63, 3.8) is 0 Å². The molecule has 0 unspecified atom stereocenters. The summed E-state index contributed by atoms with van der Waals surface area (Å²) < 4.78 is 12.7. The van der Waals surface area contributed by atoms with Crippen molar-refractivity contribution < 1.29 is 14.3 Å². The number of hydrogen-bond acceptors (Lipinski definition) is 6. The number of nitrogens with one attached hydrogen (secondary N) is 1. The number of benzene rings is 1. The van der Waals surface area contributed by atoms with Crippen LogP contribution in [0.15, 0.2) is 46.9 Å². The van der Waals surface area contributed by atoms with Crippen LogP contribution in [0.25, 0.3) is 11.7 Å². The monoisotopic (exact) mass is 460 g/mol. The van der Waals surface area contributed by atoms with Crippen LogP contribution in [0.3, 0.4) is 0 Å². The number of ether oxygens (including phenoxy) is 2. The van der Waals surface area contributed by atoms with Crippen molar-refractivity contribution in [2.45, 2.75) is 34.1 Å². The molecule has 0 aliphatic rings. The highest BCUT2D eigenvalue weighted by atomic mass is 16.5. The molecule has 3 rings (SSSR count). The third kappa shape index (κ3) is 5.69. The fourth-order valence-electron chi connectivity index (χ4n) is 3.42. The summed E-state index contributed by atoms with van der Waals surface area (Å²) >= 11 is 0. The Morgan fingerprint density at radius 3 is 2.74 bits per heavy atom. The Morgan fingerprint density at radius 1 is 1.24 bits per heavy atom. The maximum Gasteiger partial charge on any atom is 0.269 e. The third-order valence-electron chi connectivity index (χ3n) is 5.20. The van der Waals surface area contributed by atoms with E-state index in [9.17, 15) is 14.9 Å². The minimum atomic E-state index is -0.579. The number of aryl methyl sites for hydroxylation is 3. The van der Waals surface area contributed by atoms with Crippen LogP contribution in [0.1, 0.15) is 35.6 Å². The number of nitriles is 1. The van der Waals surface area contributed by atoms with Crippen LogP contribution >= 0.6 is 0 Å². The van der Waals surface area contributed by atoms with Crippen molar-refractivity contribution in [1.82, 2.24) is 14.7 Å². The molecule has 176 valence electrons. The first-order valence-corrected chi connectivity index (χ1v) is 11.1. The molecule has 1 aromatic carbocycles. The summed E-state index contributed by atoms with van der Waals surface area (Å²) in [4.78, 5) is 30.5. The minimum Gasteiger partial charge on any atom is -0.438 e. The molecule has 2 heterocycles. The predicted molar refractivity (Wildman–Crippen MR) is 130 cm³/mol. The van der Waals surface area contributed by atoms with Gasteiger partial charge >= 0.3 is 0 Å². The summed E-state index contributed by atoms with van der Waals surface area (Å²) in [5, 5.41) is 12.3. The molecule has 0 saturated carbocycles. The van der Waals surface area contributed by atoms with Crippen LogP contribution < -0.4 is 15.6 Å². The second-order valence-electron chi connectivity index (χ2n) is 7.87. The van der Waals surface area contributed by atoms with Gasteiger partial charge in [0.2, 0.25) is 5.88 Å². The number of fused-ring (bicyclic) bond motifs is 1. The lowest BCUT2D eigenvalue weighted by atomic mass is 10.1. The first-order valence-electron chi connectivity index (χ1n) is 11.1.